The number of rotatable bonds is 3. The van der Waals surface area contributed by atoms with Crippen LogP contribution in [0.4, 0.5) is 10.2 Å². The summed E-state index contributed by atoms with van der Waals surface area (Å²) < 4.78 is 14.1. The van der Waals surface area contributed by atoms with Gasteiger partial charge in [-0.2, -0.15) is 0 Å². The topological polar surface area (TPSA) is 55.0 Å². The molecule has 2 heterocycles. The van der Waals surface area contributed by atoms with Gasteiger partial charge < -0.3 is 10.6 Å². The molecule has 1 saturated heterocycles. The van der Waals surface area contributed by atoms with E-state index >= 15 is 0 Å². The Bertz CT molecular complexity index is 671. The van der Waals surface area contributed by atoms with Gasteiger partial charge in [0, 0.05) is 30.9 Å². The van der Waals surface area contributed by atoms with E-state index in [1.807, 2.05) is 6.07 Å². The van der Waals surface area contributed by atoms with Gasteiger partial charge in [-0.05, 0) is 24.5 Å². The van der Waals surface area contributed by atoms with Crippen molar-refractivity contribution in [3.05, 3.63) is 41.8 Å². The van der Waals surface area contributed by atoms with Crippen LogP contribution in [0.2, 0.25) is 0 Å². The molecule has 0 aliphatic carbocycles. The quantitative estimate of drug-likeness (QED) is 0.947. The molecule has 4 nitrogen and oxygen atoms in total. The highest BCUT2D eigenvalue weighted by Gasteiger charge is 2.22. The highest BCUT2D eigenvalue weighted by Crippen LogP contribution is 2.27. The maximum absolute atomic E-state index is 14.1. The van der Waals surface area contributed by atoms with E-state index in [-0.39, 0.29) is 17.8 Å². The Kier molecular flexibility index (Phi) is 4.07. The number of anilines is 1. The third-order valence-corrected chi connectivity index (χ3v) is 3.99. The lowest BCUT2D eigenvalue weighted by atomic mass is 10.1. The lowest BCUT2D eigenvalue weighted by molar-refractivity contribution is 0.629. The molecular weight excluding hydrogens is 279 g/mol. The van der Waals surface area contributed by atoms with Crippen LogP contribution in [0, 0.1) is 5.82 Å². The van der Waals surface area contributed by atoms with Crippen molar-refractivity contribution in [2.45, 2.75) is 32.2 Å². The largest absolute Gasteiger partial charge is 0.355 e. The SMILES string of the molecule is CC(C)c1cc(N2CCC(N)C2)nc(-c2ccccc2F)n1. The standard InChI is InChI=1S/C17H21FN4/c1-11(2)15-9-16(22-8-7-12(19)10-22)21-17(20-15)13-5-3-4-6-14(13)18/h3-6,9,11-12H,7-8,10,19H2,1-2H3. The van der Waals surface area contributed by atoms with Crippen LogP contribution in [-0.2, 0) is 0 Å². The zero-order valence-corrected chi connectivity index (χ0v) is 13.0. The van der Waals surface area contributed by atoms with Gasteiger partial charge in [0.25, 0.3) is 0 Å². The van der Waals surface area contributed by atoms with E-state index in [1.165, 1.54) is 6.07 Å². The van der Waals surface area contributed by atoms with Crippen molar-refractivity contribution in [3.8, 4) is 11.4 Å². The third kappa shape index (κ3) is 2.95. The van der Waals surface area contributed by atoms with Gasteiger partial charge in [-0.1, -0.05) is 26.0 Å². The van der Waals surface area contributed by atoms with E-state index in [9.17, 15) is 4.39 Å². The van der Waals surface area contributed by atoms with Crippen molar-refractivity contribution in [3.63, 3.8) is 0 Å². The highest BCUT2D eigenvalue weighted by atomic mass is 19.1. The highest BCUT2D eigenvalue weighted by molar-refractivity contribution is 5.59. The lowest BCUT2D eigenvalue weighted by Crippen LogP contribution is -2.27. The molecule has 1 fully saturated rings. The van der Waals surface area contributed by atoms with Crippen molar-refractivity contribution < 1.29 is 4.39 Å². The average molecular weight is 300 g/mol. The smallest absolute Gasteiger partial charge is 0.164 e. The fraction of sp³-hybridized carbons (Fsp3) is 0.412. The first kappa shape index (κ1) is 14.9. The van der Waals surface area contributed by atoms with Crippen molar-refractivity contribution in [1.29, 1.82) is 0 Å². The van der Waals surface area contributed by atoms with Gasteiger partial charge in [-0.25, -0.2) is 14.4 Å². The summed E-state index contributed by atoms with van der Waals surface area (Å²) in [5, 5.41) is 0. The number of nitrogens with two attached hydrogens (primary N) is 1. The molecule has 1 aliphatic heterocycles. The maximum atomic E-state index is 14.1. The van der Waals surface area contributed by atoms with Crippen LogP contribution in [-0.4, -0.2) is 29.1 Å². The third-order valence-electron chi connectivity index (χ3n) is 3.99. The second-order valence-corrected chi connectivity index (χ2v) is 6.10. The molecule has 5 heteroatoms. The minimum absolute atomic E-state index is 0.175. The van der Waals surface area contributed by atoms with Crippen molar-refractivity contribution >= 4 is 5.82 Å². The second-order valence-electron chi connectivity index (χ2n) is 6.10. The second kappa shape index (κ2) is 6.01. The van der Waals surface area contributed by atoms with E-state index in [0.29, 0.717) is 11.4 Å². The molecule has 1 aromatic heterocycles. The Morgan fingerprint density at radius 2 is 2.05 bits per heavy atom. The number of nitrogens with zero attached hydrogens (tertiary/aromatic N) is 3. The predicted molar refractivity (Wildman–Crippen MR) is 86.3 cm³/mol. The molecule has 2 N–H and O–H groups in total. The van der Waals surface area contributed by atoms with Crippen LogP contribution in [0.25, 0.3) is 11.4 Å². The van der Waals surface area contributed by atoms with Crippen molar-refractivity contribution in [2.75, 3.05) is 18.0 Å². The monoisotopic (exact) mass is 300 g/mol. The van der Waals surface area contributed by atoms with Crippen LogP contribution in [0.5, 0.6) is 0 Å². The van der Waals surface area contributed by atoms with Crippen LogP contribution in [0.1, 0.15) is 31.9 Å². The molecule has 1 aromatic carbocycles. The lowest BCUT2D eigenvalue weighted by Gasteiger charge is -2.19. The molecule has 0 spiro atoms. The van der Waals surface area contributed by atoms with E-state index in [4.69, 9.17) is 5.73 Å². The Morgan fingerprint density at radius 3 is 2.68 bits per heavy atom. The molecule has 3 rings (SSSR count). The number of hydrogen-bond donors (Lipinski definition) is 1. The van der Waals surface area contributed by atoms with Crippen molar-refractivity contribution in [1.82, 2.24) is 9.97 Å². The number of benzene rings is 1. The van der Waals surface area contributed by atoms with Gasteiger partial charge in [-0.3, -0.25) is 0 Å². The van der Waals surface area contributed by atoms with E-state index < -0.39 is 0 Å². The Morgan fingerprint density at radius 1 is 1.27 bits per heavy atom. The summed E-state index contributed by atoms with van der Waals surface area (Å²) in [6.45, 7) is 5.82. The van der Waals surface area contributed by atoms with E-state index in [0.717, 1.165) is 31.0 Å². The first-order valence-corrected chi connectivity index (χ1v) is 7.69. The van der Waals surface area contributed by atoms with Crippen LogP contribution >= 0.6 is 0 Å². The summed E-state index contributed by atoms with van der Waals surface area (Å²) in [7, 11) is 0. The number of hydrogen-bond acceptors (Lipinski definition) is 4. The van der Waals surface area contributed by atoms with E-state index in [1.54, 1.807) is 18.2 Å². The predicted octanol–water partition coefficient (Wildman–Crippen LogP) is 2.94. The first-order chi connectivity index (χ1) is 10.5. The fourth-order valence-corrected chi connectivity index (χ4v) is 2.67. The number of aromatic nitrogens is 2. The molecule has 2 aromatic rings. The summed E-state index contributed by atoms with van der Waals surface area (Å²) in [4.78, 5) is 11.3. The zero-order valence-electron chi connectivity index (χ0n) is 13.0. The van der Waals surface area contributed by atoms with E-state index in [2.05, 4.69) is 28.7 Å². The normalized spacial score (nSPS) is 18.2. The summed E-state index contributed by atoms with van der Waals surface area (Å²) in [5.74, 6) is 1.24. The average Bonchev–Trinajstić information content (AvgIpc) is 2.94. The van der Waals surface area contributed by atoms with Gasteiger partial charge in [0.1, 0.15) is 11.6 Å². The van der Waals surface area contributed by atoms with Gasteiger partial charge in [0.05, 0.1) is 5.56 Å². The number of halogens is 1. The fourth-order valence-electron chi connectivity index (χ4n) is 2.67. The molecule has 22 heavy (non-hydrogen) atoms. The van der Waals surface area contributed by atoms with Gasteiger partial charge in [-0.15, -0.1) is 0 Å². The summed E-state index contributed by atoms with van der Waals surface area (Å²) in [6, 6.07) is 8.79. The minimum atomic E-state index is -0.299. The first-order valence-electron chi connectivity index (χ1n) is 7.69. The minimum Gasteiger partial charge on any atom is -0.355 e. The van der Waals surface area contributed by atoms with Gasteiger partial charge in [0.15, 0.2) is 5.82 Å². The molecule has 0 bridgehead atoms. The van der Waals surface area contributed by atoms with Crippen LogP contribution in [0.15, 0.2) is 30.3 Å². The molecular formula is C17H21FN4. The molecule has 116 valence electrons. The molecule has 1 unspecified atom stereocenters. The van der Waals surface area contributed by atoms with Gasteiger partial charge >= 0.3 is 0 Å². The molecule has 1 aliphatic rings. The van der Waals surface area contributed by atoms with Crippen LogP contribution in [0.3, 0.4) is 0 Å². The Hall–Kier alpha value is -2.01. The summed E-state index contributed by atoms with van der Waals surface area (Å²) >= 11 is 0. The van der Waals surface area contributed by atoms with Crippen LogP contribution < -0.4 is 10.6 Å². The Balaban J connectivity index is 2.06. The molecule has 0 amide bonds. The maximum Gasteiger partial charge on any atom is 0.164 e. The Labute approximate surface area is 130 Å². The molecule has 1 atom stereocenters. The summed E-state index contributed by atoms with van der Waals surface area (Å²) in [6.07, 6.45) is 0.954. The summed E-state index contributed by atoms with van der Waals surface area (Å²) in [5.41, 5.74) is 7.35. The zero-order chi connectivity index (χ0) is 15.7. The van der Waals surface area contributed by atoms with Crippen molar-refractivity contribution in [2.24, 2.45) is 5.73 Å². The van der Waals surface area contributed by atoms with Gasteiger partial charge in [0.2, 0.25) is 0 Å². The molecule has 0 saturated carbocycles. The molecule has 0 radical (unpaired) electrons.